The smallest absolute Gasteiger partial charge is 0.223 e. The molecule has 2 heterocycles. The summed E-state index contributed by atoms with van der Waals surface area (Å²) < 4.78 is 6.04. The Balaban J connectivity index is 2.12. The molecule has 1 aromatic rings. The van der Waals surface area contributed by atoms with E-state index in [1.54, 1.807) is 0 Å². The Labute approximate surface area is 138 Å². The van der Waals surface area contributed by atoms with Crippen LogP contribution in [0.1, 0.15) is 64.6 Å². The molecule has 1 amide bonds. The first-order valence-corrected chi connectivity index (χ1v) is 8.42. The van der Waals surface area contributed by atoms with Gasteiger partial charge in [0.25, 0.3) is 0 Å². The number of aliphatic hydroxyl groups excluding tert-OH is 1. The molecule has 23 heavy (non-hydrogen) atoms. The highest BCUT2D eigenvalue weighted by Gasteiger charge is 2.47. The molecule has 1 aromatic carbocycles. The van der Waals surface area contributed by atoms with Crippen molar-refractivity contribution in [3.05, 3.63) is 29.3 Å². The quantitative estimate of drug-likeness (QED) is 0.865. The largest absolute Gasteiger partial charge is 0.485 e. The van der Waals surface area contributed by atoms with E-state index in [2.05, 4.69) is 32.9 Å². The SMILES string of the molecule is CC(C)(C)c1ccc2c(c1)[C@@H](N1CCCC1=O)[C@H](O)C(C)(C)O2. The summed E-state index contributed by atoms with van der Waals surface area (Å²) in [6.07, 6.45) is 0.684. The van der Waals surface area contributed by atoms with Crippen LogP contribution in [0, 0.1) is 0 Å². The van der Waals surface area contributed by atoms with Crippen LogP contribution >= 0.6 is 0 Å². The molecular weight excluding hydrogens is 290 g/mol. The minimum Gasteiger partial charge on any atom is -0.485 e. The first-order valence-electron chi connectivity index (χ1n) is 8.42. The lowest BCUT2D eigenvalue weighted by Crippen LogP contribution is -2.53. The number of hydrogen-bond acceptors (Lipinski definition) is 3. The van der Waals surface area contributed by atoms with Crippen molar-refractivity contribution < 1.29 is 14.6 Å². The zero-order valence-corrected chi connectivity index (χ0v) is 14.7. The van der Waals surface area contributed by atoms with Gasteiger partial charge in [0.05, 0.1) is 6.04 Å². The van der Waals surface area contributed by atoms with Gasteiger partial charge in [0.15, 0.2) is 0 Å². The molecule has 1 saturated heterocycles. The van der Waals surface area contributed by atoms with E-state index in [1.807, 2.05) is 24.8 Å². The van der Waals surface area contributed by atoms with E-state index in [4.69, 9.17) is 4.74 Å². The molecule has 4 heteroatoms. The van der Waals surface area contributed by atoms with Crippen LogP contribution in [-0.2, 0) is 10.2 Å². The third-order valence-corrected chi connectivity index (χ3v) is 5.02. The average Bonchev–Trinajstić information content (AvgIpc) is 2.84. The third-order valence-electron chi connectivity index (χ3n) is 5.02. The monoisotopic (exact) mass is 317 g/mol. The fraction of sp³-hybridized carbons (Fsp3) is 0.632. The number of ether oxygens (including phenoxy) is 1. The van der Waals surface area contributed by atoms with Crippen LogP contribution in [0.5, 0.6) is 5.75 Å². The zero-order valence-electron chi connectivity index (χ0n) is 14.7. The summed E-state index contributed by atoms with van der Waals surface area (Å²) in [7, 11) is 0. The second-order valence-corrected chi connectivity index (χ2v) is 8.29. The number of likely N-dealkylation sites (tertiary alicyclic amines) is 1. The topological polar surface area (TPSA) is 49.8 Å². The molecule has 0 bridgehead atoms. The van der Waals surface area contributed by atoms with Crippen LogP contribution in [0.15, 0.2) is 18.2 Å². The number of rotatable bonds is 1. The predicted octanol–water partition coefficient (Wildman–Crippen LogP) is 3.18. The van der Waals surface area contributed by atoms with Crippen molar-refractivity contribution in [2.75, 3.05) is 6.54 Å². The molecule has 2 aliphatic rings. The Morgan fingerprint density at radius 3 is 2.57 bits per heavy atom. The predicted molar refractivity (Wildman–Crippen MR) is 89.5 cm³/mol. The average molecular weight is 317 g/mol. The van der Waals surface area contributed by atoms with Crippen molar-refractivity contribution in [1.29, 1.82) is 0 Å². The van der Waals surface area contributed by atoms with Gasteiger partial charge in [0.1, 0.15) is 17.5 Å². The number of hydrogen-bond donors (Lipinski definition) is 1. The fourth-order valence-electron chi connectivity index (χ4n) is 3.53. The van der Waals surface area contributed by atoms with Gasteiger partial charge in [0.2, 0.25) is 5.91 Å². The molecule has 0 spiro atoms. The minimum atomic E-state index is -0.743. The Morgan fingerprint density at radius 1 is 1.30 bits per heavy atom. The number of aliphatic hydroxyl groups is 1. The number of benzene rings is 1. The number of carbonyl (C=O) groups excluding carboxylic acids is 1. The number of fused-ring (bicyclic) bond motifs is 1. The Hall–Kier alpha value is -1.55. The van der Waals surface area contributed by atoms with E-state index in [-0.39, 0.29) is 17.4 Å². The summed E-state index contributed by atoms with van der Waals surface area (Å²) >= 11 is 0. The first kappa shape index (κ1) is 16.3. The summed E-state index contributed by atoms with van der Waals surface area (Å²) in [5.41, 5.74) is 1.40. The number of nitrogens with zero attached hydrogens (tertiary/aromatic N) is 1. The third kappa shape index (κ3) is 2.74. The molecule has 0 saturated carbocycles. The standard InChI is InChI=1S/C19H27NO3/c1-18(2,3)12-8-9-14-13(11-12)16(17(22)19(4,5)23-14)20-10-6-7-15(20)21/h8-9,11,16-17,22H,6-7,10H2,1-5H3/t16-,17+/m1/s1. The number of amides is 1. The molecule has 4 nitrogen and oxygen atoms in total. The summed E-state index contributed by atoms with van der Waals surface area (Å²) in [6.45, 7) is 11.0. The van der Waals surface area contributed by atoms with E-state index < -0.39 is 11.7 Å². The van der Waals surface area contributed by atoms with E-state index in [0.29, 0.717) is 13.0 Å². The minimum absolute atomic E-state index is 0.00646. The summed E-state index contributed by atoms with van der Waals surface area (Å²) in [4.78, 5) is 14.1. The maximum atomic E-state index is 12.3. The van der Waals surface area contributed by atoms with Crippen molar-refractivity contribution in [2.45, 2.75) is 70.6 Å². The van der Waals surface area contributed by atoms with E-state index in [9.17, 15) is 9.90 Å². The maximum absolute atomic E-state index is 12.3. The van der Waals surface area contributed by atoms with Gasteiger partial charge in [0, 0.05) is 18.5 Å². The number of carbonyl (C=O) groups is 1. The molecule has 1 N–H and O–H groups in total. The molecule has 2 aliphatic heterocycles. The van der Waals surface area contributed by atoms with Gasteiger partial charge in [-0.15, -0.1) is 0 Å². The summed E-state index contributed by atoms with van der Waals surface area (Å²) in [6, 6.07) is 5.84. The molecule has 0 aromatic heterocycles. The van der Waals surface area contributed by atoms with E-state index >= 15 is 0 Å². The van der Waals surface area contributed by atoms with Crippen LogP contribution in [0.4, 0.5) is 0 Å². The Morgan fingerprint density at radius 2 is 2.00 bits per heavy atom. The molecule has 0 unspecified atom stereocenters. The van der Waals surface area contributed by atoms with Gasteiger partial charge >= 0.3 is 0 Å². The second kappa shape index (κ2) is 5.23. The molecule has 126 valence electrons. The fourth-order valence-corrected chi connectivity index (χ4v) is 3.53. The molecule has 3 rings (SSSR count). The Bertz CT molecular complexity index is 630. The van der Waals surface area contributed by atoms with Crippen molar-refractivity contribution in [3.63, 3.8) is 0 Å². The van der Waals surface area contributed by atoms with Crippen molar-refractivity contribution in [2.24, 2.45) is 0 Å². The lowest BCUT2D eigenvalue weighted by Gasteiger charge is -2.45. The van der Waals surface area contributed by atoms with Gasteiger partial charge in [-0.3, -0.25) is 4.79 Å². The van der Waals surface area contributed by atoms with Crippen LogP contribution in [0.2, 0.25) is 0 Å². The van der Waals surface area contributed by atoms with Gasteiger partial charge in [-0.1, -0.05) is 26.8 Å². The Kier molecular flexibility index (Phi) is 3.71. The van der Waals surface area contributed by atoms with Crippen molar-refractivity contribution >= 4 is 5.91 Å². The maximum Gasteiger partial charge on any atom is 0.223 e. The molecular formula is C19H27NO3. The van der Waals surface area contributed by atoms with Crippen LogP contribution in [0.3, 0.4) is 0 Å². The normalized spacial score (nSPS) is 26.9. The molecule has 2 atom stereocenters. The zero-order chi connectivity index (χ0) is 17.0. The molecule has 0 radical (unpaired) electrons. The van der Waals surface area contributed by atoms with Gasteiger partial charge < -0.3 is 14.7 Å². The lowest BCUT2D eigenvalue weighted by molar-refractivity contribution is -0.139. The highest BCUT2D eigenvalue weighted by molar-refractivity contribution is 5.79. The highest BCUT2D eigenvalue weighted by atomic mass is 16.5. The van der Waals surface area contributed by atoms with E-state index in [0.717, 1.165) is 17.7 Å². The summed E-state index contributed by atoms with van der Waals surface area (Å²) in [5.74, 6) is 0.900. The van der Waals surface area contributed by atoms with Crippen molar-refractivity contribution in [1.82, 2.24) is 4.90 Å². The van der Waals surface area contributed by atoms with Gasteiger partial charge in [-0.05, 0) is 43.4 Å². The second-order valence-electron chi connectivity index (χ2n) is 8.29. The molecule has 1 fully saturated rings. The lowest BCUT2D eigenvalue weighted by atomic mass is 9.81. The van der Waals surface area contributed by atoms with Gasteiger partial charge in [-0.2, -0.15) is 0 Å². The first-order chi connectivity index (χ1) is 10.6. The van der Waals surface area contributed by atoms with Gasteiger partial charge in [-0.25, -0.2) is 0 Å². The van der Waals surface area contributed by atoms with Crippen molar-refractivity contribution in [3.8, 4) is 5.75 Å². The summed E-state index contributed by atoms with van der Waals surface area (Å²) in [5, 5.41) is 10.9. The van der Waals surface area contributed by atoms with Crippen LogP contribution in [0.25, 0.3) is 0 Å². The van der Waals surface area contributed by atoms with Crippen LogP contribution in [-0.4, -0.2) is 34.2 Å². The van der Waals surface area contributed by atoms with E-state index in [1.165, 1.54) is 5.56 Å². The highest BCUT2D eigenvalue weighted by Crippen LogP contribution is 2.45. The molecule has 0 aliphatic carbocycles. The van der Waals surface area contributed by atoms with Crippen LogP contribution < -0.4 is 4.74 Å².